The van der Waals surface area contributed by atoms with Gasteiger partial charge in [0.25, 0.3) is 0 Å². The van der Waals surface area contributed by atoms with Crippen LogP contribution in [-0.2, 0) is 14.3 Å². The maximum absolute atomic E-state index is 10.3. The molecule has 0 saturated heterocycles. The molecule has 14 heavy (non-hydrogen) atoms. The van der Waals surface area contributed by atoms with E-state index in [1.165, 1.54) is 6.08 Å². The normalized spacial score (nSPS) is 8.50. The van der Waals surface area contributed by atoms with Gasteiger partial charge in [-0.15, -0.1) is 0 Å². The number of carbonyl (C=O) groups excluding carboxylic acids is 1. The fourth-order valence-electron chi connectivity index (χ4n) is 0.580. The summed E-state index contributed by atoms with van der Waals surface area (Å²) in [4.78, 5) is 10.3. The standard InChI is InChI=1S/C7H12O2.C4H10O/c1-3-5-6-9-7(8)4-2;1-3-4-5-2/h4H,2-3,5-6H2,1H3;3-4H2,1-2H3. The quantitative estimate of drug-likeness (QED) is 0.377. The van der Waals surface area contributed by atoms with Gasteiger partial charge in [0.15, 0.2) is 0 Å². The van der Waals surface area contributed by atoms with Crippen molar-refractivity contribution in [3.8, 4) is 0 Å². The highest BCUT2D eigenvalue weighted by Gasteiger charge is 1.91. The minimum atomic E-state index is -0.330. The van der Waals surface area contributed by atoms with Crippen LogP contribution in [0.25, 0.3) is 0 Å². The van der Waals surface area contributed by atoms with Crippen molar-refractivity contribution in [2.24, 2.45) is 0 Å². The summed E-state index contributed by atoms with van der Waals surface area (Å²) >= 11 is 0. The smallest absolute Gasteiger partial charge is 0.330 e. The fraction of sp³-hybridized carbons (Fsp3) is 0.727. The van der Waals surface area contributed by atoms with Crippen molar-refractivity contribution in [3.63, 3.8) is 0 Å². The van der Waals surface area contributed by atoms with Crippen molar-refractivity contribution in [2.75, 3.05) is 20.3 Å². The second kappa shape index (κ2) is 14.7. The van der Waals surface area contributed by atoms with Crippen LogP contribution >= 0.6 is 0 Å². The third-order valence-electron chi connectivity index (χ3n) is 1.32. The van der Waals surface area contributed by atoms with E-state index in [2.05, 4.69) is 18.2 Å². The summed E-state index contributed by atoms with van der Waals surface area (Å²) in [7, 11) is 1.71. The summed E-state index contributed by atoms with van der Waals surface area (Å²) in [5.41, 5.74) is 0. The second-order valence-electron chi connectivity index (χ2n) is 2.72. The Hall–Kier alpha value is -0.830. The first-order chi connectivity index (χ1) is 6.72. The third-order valence-corrected chi connectivity index (χ3v) is 1.32. The minimum Gasteiger partial charge on any atom is -0.463 e. The Labute approximate surface area is 87.1 Å². The van der Waals surface area contributed by atoms with Crippen LogP contribution in [0.1, 0.15) is 33.1 Å². The van der Waals surface area contributed by atoms with Crippen LogP contribution in [0.3, 0.4) is 0 Å². The Bertz CT molecular complexity index is 130. The Balaban J connectivity index is 0. The van der Waals surface area contributed by atoms with Crippen molar-refractivity contribution >= 4 is 5.97 Å². The van der Waals surface area contributed by atoms with Crippen molar-refractivity contribution in [1.82, 2.24) is 0 Å². The van der Waals surface area contributed by atoms with Crippen LogP contribution in [-0.4, -0.2) is 26.3 Å². The van der Waals surface area contributed by atoms with Gasteiger partial charge in [-0.2, -0.15) is 0 Å². The lowest BCUT2D eigenvalue weighted by atomic mass is 10.4. The van der Waals surface area contributed by atoms with Gasteiger partial charge in [0.05, 0.1) is 6.61 Å². The number of hydrogen-bond acceptors (Lipinski definition) is 3. The van der Waals surface area contributed by atoms with Crippen molar-refractivity contribution in [1.29, 1.82) is 0 Å². The zero-order valence-corrected chi connectivity index (χ0v) is 9.54. The van der Waals surface area contributed by atoms with Crippen LogP contribution in [0.15, 0.2) is 12.7 Å². The molecule has 0 atom stereocenters. The lowest BCUT2D eigenvalue weighted by Gasteiger charge is -1.97. The lowest BCUT2D eigenvalue weighted by molar-refractivity contribution is -0.137. The molecule has 0 saturated carbocycles. The second-order valence-corrected chi connectivity index (χ2v) is 2.72. The Morgan fingerprint density at radius 2 is 1.93 bits per heavy atom. The maximum atomic E-state index is 10.3. The average molecular weight is 202 g/mol. The highest BCUT2D eigenvalue weighted by atomic mass is 16.5. The van der Waals surface area contributed by atoms with E-state index in [-0.39, 0.29) is 5.97 Å². The molecular formula is C11H22O3. The molecule has 0 unspecified atom stereocenters. The largest absolute Gasteiger partial charge is 0.463 e. The maximum Gasteiger partial charge on any atom is 0.330 e. The van der Waals surface area contributed by atoms with E-state index in [0.717, 1.165) is 25.9 Å². The molecule has 0 N–H and O–H groups in total. The Morgan fingerprint density at radius 3 is 2.21 bits per heavy atom. The molecule has 0 spiro atoms. The van der Waals surface area contributed by atoms with E-state index in [1.807, 2.05) is 6.92 Å². The highest BCUT2D eigenvalue weighted by Crippen LogP contribution is 1.88. The first-order valence-corrected chi connectivity index (χ1v) is 5.00. The number of esters is 1. The Morgan fingerprint density at radius 1 is 1.29 bits per heavy atom. The number of rotatable bonds is 6. The molecular weight excluding hydrogens is 180 g/mol. The summed E-state index contributed by atoms with van der Waals surface area (Å²) in [6.45, 7) is 8.80. The molecule has 0 bridgehead atoms. The monoisotopic (exact) mass is 202 g/mol. The van der Waals surface area contributed by atoms with Gasteiger partial charge >= 0.3 is 5.97 Å². The van der Waals surface area contributed by atoms with E-state index in [4.69, 9.17) is 4.74 Å². The van der Waals surface area contributed by atoms with Crippen molar-refractivity contribution in [2.45, 2.75) is 33.1 Å². The van der Waals surface area contributed by atoms with E-state index in [9.17, 15) is 4.79 Å². The zero-order valence-electron chi connectivity index (χ0n) is 9.54. The fourth-order valence-corrected chi connectivity index (χ4v) is 0.580. The van der Waals surface area contributed by atoms with Gasteiger partial charge in [-0.05, 0) is 12.8 Å². The third kappa shape index (κ3) is 17.3. The first-order valence-electron chi connectivity index (χ1n) is 5.00. The predicted molar refractivity (Wildman–Crippen MR) is 58.2 cm³/mol. The molecule has 3 heteroatoms. The molecule has 0 aliphatic rings. The topological polar surface area (TPSA) is 35.5 Å². The van der Waals surface area contributed by atoms with Gasteiger partial charge in [-0.1, -0.05) is 26.8 Å². The summed E-state index contributed by atoms with van der Waals surface area (Å²) in [6.07, 6.45) is 4.27. The van der Waals surface area contributed by atoms with Gasteiger partial charge in [-0.3, -0.25) is 0 Å². The SMILES string of the molecule is C=CC(=O)OCCCC.CCCOC. The van der Waals surface area contributed by atoms with Crippen LogP contribution in [0.2, 0.25) is 0 Å². The zero-order chi connectivity index (χ0) is 11.2. The van der Waals surface area contributed by atoms with Crippen molar-refractivity contribution in [3.05, 3.63) is 12.7 Å². The molecule has 0 aromatic heterocycles. The molecule has 0 aromatic carbocycles. The van der Waals surface area contributed by atoms with Crippen LogP contribution in [0, 0.1) is 0 Å². The number of carbonyl (C=O) groups is 1. The number of unbranched alkanes of at least 4 members (excludes halogenated alkanes) is 1. The van der Waals surface area contributed by atoms with Gasteiger partial charge in [0.1, 0.15) is 0 Å². The number of hydrogen-bond donors (Lipinski definition) is 0. The van der Waals surface area contributed by atoms with E-state index in [1.54, 1.807) is 7.11 Å². The van der Waals surface area contributed by atoms with Gasteiger partial charge in [-0.25, -0.2) is 4.79 Å². The summed E-state index contributed by atoms with van der Waals surface area (Å²) < 4.78 is 9.37. The lowest BCUT2D eigenvalue weighted by Crippen LogP contribution is -2.00. The summed E-state index contributed by atoms with van der Waals surface area (Å²) in [5, 5.41) is 0. The molecule has 84 valence electrons. The molecule has 0 aliphatic heterocycles. The molecule has 3 nitrogen and oxygen atoms in total. The van der Waals surface area contributed by atoms with Gasteiger partial charge in [0, 0.05) is 19.8 Å². The molecule has 0 aliphatic carbocycles. The molecule has 0 heterocycles. The highest BCUT2D eigenvalue weighted by molar-refractivity contribution is 5.81. The predicted octanol–water partition coefficient (Wildman–Crippen LogP) is 2.56. The number of methoxy groups -OCH3 is 1. The van der Waals surface area contributed by atoms with Crippen LogP contribution in [0.5, 0.6) is 0 Å². The van der Waals surface area contributed by atoms with Crippen LogP contribution in [0.4, 0.5) is 0 Å². The van der Waals surface area contributed by atoms with Crippen LogP contribution < -0.4 is 0 Å². The first kappa shape index (κ1) is 15.6. The summed E-state index contributed by atoms with van der Waals surface area (Å²) in [5.74, 6) is -0.330. The summed E-state index contributed by atoms with van der Waals surface area (Å²) in [6, 6.07) is 0. The average Bonchev–Trinajstić information content (AvgIpc) is 2.20. The molecule has 0 amide bonds. The van der Waals surface area contributed by atoms with Gasteiger partial charge in [0.2, 0.25) is 0 Å². The number of ether oxygens (including phenoxy) is 2. The van der Waals surface area contributed by atoms with E-state index < -0.39 is 0 Å². The minimum absolute atomic E-state index is 0.330. The van der Waals surface area contributed by atoms with Crippen molar-refractivity contribution < 1.29 is 14.3 Å². The molecule has 0 rings (SSSR count). The molecule has 0 fully saturated rings. The van der Waals surface area contributed by atoms with E-state index >= 15 is 0 Å². The molecule has 0 aromatic rings. The molecule has 0 radical (unpaired) electrons. The van der Waals surface area contributed by atoms with E-state index in [0.29, 0.717) is 6.61 Å². The van der Waals surface area contributed by atoms with Gasteiger partial charge < -0.3 is 9.47 Å². The Kier molecular flexibility index (Phi) is 16.4.